The van der Waals surface area contributed by atoms with E-state index in [2.05, 4.69) is 44.2 Å². The van der Waals surface area contributed by atoms with E-state index in [0.717, 1.165) is 29.7 Å². The van der Waals surface area contributed by atoms with E-state index < -0.39 is 0 Å². The minimum Gasteiger partial charge on any atom is -0.193 e. The van der Waals surface area contributed by atoms with Crippen LogP contribution >= 0.6 is 0 Å². The predicted octanol–water partition coefficient (Wildman–Crippen LogP) is 8.11. The number of hydrogen-bond acceptors (Lipinski definition) is 1. The molecule has 1 aromatic rings. The second-order valence-corrected chi connectivity index (χ2v) is 9.26. The molecule has 2 aliphatic rings. The molecule has 0 radical (unpaired) electrons. The zero-order valence-electron chi connectivity index (χ0n) is 18.2. The highest BCUT2D eigenvalue weighted by molar-refractivity contribution is 5.31. The van der Waals surface area contributed by atoms with Crippen molar-refractivity contribution in [3.63, 3.8) is 0 Å². The average molecular weight is 378 g/mol. The molecule has 2 aliphatic carbocycles. The van der Waals surface area contributed by atoms with Crippen LogP contribution in [0.1, 0.15) is 108 Å². The molecule has 0 spiro atoms. The van der Waals surface area contributed by atoms with E-state index in [0.29, 0.717) is 0 Å². The second-order valence-electron chi connectivity index (χ2n) is 9.26. The molecule has 3 rings (SSSR count). The van der Waals surface area contributed by atoms with Gasteiger partial charge in [0.05, 0.1) is 6.07 Å². The van der Waals surface area contributed by atoms with Crippen molar-refractivity contribution in [1.29, 1.82) is 5.26 Å². The van der Waals surface area contributed by atoms with Crippen LogP contribution in [-0.2, 0) is 6.42 Å². The molecule has 0 aromatic heterocycles. The lowest BCUT2D eigenvalue weighted by molar-refractivity contribution is 0.214. The van der Waals surface area contributed by atoms with Crippen molar-refractivity contribution in [2.24, 2.45) is 11.8 Å². The minimum absolute atomic E-state index is 0.756. The summed E-state index contributed by atoms with van der Waals surface area (Å²) in [6, 6.07) is 12.0. The molecule has 0 amide bonds. The predicted molar refractivity (Wildman–Crippen MR) is 119 cm³/mol. The van der Waals surface area contributed by atoms with Crippen LogP contribution in [0.5, 0.6) is 0 Å². The molecule has 1 unspecified atom stereocenters. The van der Waals surface area contributed by atoms with E-state index in [4.69, 9.17) is 0 Å². The molecule has 0 bridgehead atoms. The zero-order chi connectivity index (χ0) is 19.8. The van der Waals surface area contributed by atoms with Gasteiger partial charge in [0.2, 0.25) is 0 Å². The van der Waals surface area contributed by atoms with E-state index in [1.54, 1.807) is 5.56 Å². The Morgan fingerprint density at radius 3 is 2.25 bits per heavy atom. The summed E-state index contributed by atoms with van der Waals surface area (Å²) in [6.45, 7) is 4.51. The molecule has 0 heterocycles. The topological polar surface area (TPSA) is 23.8 Å². The van der Waals surface area contributed by atoms with Crippen molar-refractivity contribution in [2.45, 2.75) is 103 Å². The summed E-state index contributed by atoms with van der Waals surface area (Å²) in [5.41, 5.74) is 5.68. The molecule has 152 valence electrons. The Morgan fingerprint density at radius 2 is 1.61 bits per heavy atom. The van der Waals surface area contributed by atoms with Crippen molar-refractivity contribution >= 4 is 0 Å². The third-order valence-electron chi connectivity index (χ3n) is 7.36. The quantitative estimate of drug-likeness (QED) is 0.420. The standard InChI is InChI=1S/C27H39N/c1-3-5-6-8-22-17-18-26(19-27(22)20-28)25-15-13-24(14-16-25)23-11-9-21(7-4-2)10-12-23/h9-12,24-26H,3-8,13-19H2,1-2H3. The number of aryl methyl sites for hydroxylation is 1. The van der Waals surface area contributed by atoms with E-state index in [1.807, 2.05) is 0 Å². The van der Waals surface area contributed by atoms with Gasteiger partial charge in [-0.05, 0) is 93.1 Å². The molecule has 1 fully saturated rings. The first-order chi connectivity index (χ1) is 13.7. The lowest BCUT2D eigenvalue weighted by Crippen LogP contribution is -2.24. The van der Waals surface area contributed by atoms with Gasteiger partial charge in [-0.2, -0.15) is 5.26 Å². The number of nitrogens with zero attached hydrogens (tertiary/aromatic N) is 1. The van der Waals surface area contributed by atoms with Gasteiger partial charge in [-0.1, -0.05) is 62.9 Å². The third-order valence-corrected chi connectivity index (χ3v) is 7.36. The fourth-order valence-corrected chi connectivity index (χ4v) is 5.58. The van der Waals surface area contributed by atoms with Crippen molar-refractivity contribution < 1.29 is 0 Å². The van der Waals surface area contributed by atoms with Gasteiger partial charge in [0, 0.05) is 5.57 Å². The average Bonchev–Trinajstić information content (AvgIpc) is 2.75. The maximum absolute atomic E-state index is 9.68. The highest BCUT2D eigenvalue weighted by Crippen LogP contribution is 2.44. The SMILES string of the molecule is CCCCCC1=C(C#N)CC(C2CCC(c3ccc(CCC)cc3)CC2)CC1. The van der Waals surface area contributed by atoms with E-state index in [9.17, 15) is 5.26 Å². The van der Waals surface area contributed by atoms with Crippen molar-refractivity contribution in [3.8, 4) is 6.07 Å². The highest BCUT2D eigenvalue weighted by Gasteiger charge is 2.31. The Hall–Kier alpha value is -1.55. The van der Waals surface area contributed by atoms with Gasteiger partial charge in [-0.25, -0.2) is 0 Å². The molecule has 1 aromatic carbocycles. The lowest BCUT2D eigenvalue weighted by Gasteiger charge is -2.36. The molecular weight excluding hydrogens is 338 g/mol. The summed E-state index contributed by atoms with van der Waals surface area (Å²) in [4.78, 5) is 0. The molecule has 1 heteroatoms. The maximum atomic E-state index is 9.68. The van der Waals surface area contributed by atoms with Crippen molar-refractivity contribution in [2.75, 3.05) is 0 Å². The van der Waals surface area contributed by atoms with Gasteiger partial charge in [-0.3, -0.25) is 0 Å². The Balaban J connectivity index is 1.52. The molecule has 1 nitrogen and oxygen atoms in total. The summed E-state index contributed by atoms with van der Waals surface area (Å²) < 4.78 is 0. The van der Waals surface area contributed by atoms with Crippen molar-refractivity contribution in [1.82, 2.24) is 0 Å². The molecule has 0 N–H and O–H groups in total. The summed E-state index contributed by atoms with van der Waals surface area (Å²) >= 11 is 0. The van der Waals surface area contributed by atoms with Crippen LogP contribution in [0.15, 0.2) is 35.4 Å². The van der Waals surface area contributed by atoms with Gasteiger partial charge in [0.25, 0.3) is 0 Å². The molecule has 0 aliphatic heterocycles. The molecule has 1 atom stereocenters. The first-order valence-electron chi connectivity index (χ1n) is 11.9. The number of rotatable bonds is 8. The molecular formula is C27H39N. The summed E-state index contributed by atoms with van der Waals surface area (Å²) in [5.74, 6) is 2.36. The fraction of sp³-hybridized carbons (Fsp3) is 0.667. The van der Waals surface area contributed by atoms with Crippen LogP contribution in [0.4, 0.5) is 0 Å². The molecule has 28 heavy (non-hydrogen) atoms. The summed E-state index contributed by atoms with van der Waals surface area (Å²) in [6.07, 6.45) is 16.4. The van der Waals surface area contributed by atoms with Gasteiger partial charge < -0.3 is 0 Å². The van der Waals surface area contributed by atoms with Gasteiger partial charge in [0.1, 0.15) is 0 Å². The minimum atomic E-state index is 0.756. The second kappa shape index (κ2) is 10.8. The number of hydrogen-bond donors (Lipinski definition) is 0. The van der Waals surface area contributed by atoms with Crippen LogP contribution in [0.25, 0.3) is 0 Å². The van der Waals surface area contributed by atoms with Gasteiger partial charge in [0.15, 0.2) is 0 Å². The number of allylic oxidation sites excluding steroid dienone is 2. The Labute approximate surface area is 173 Å². The highest BCUT2D eigenvalue weighted by atomic mass is 14.4. The molecule has 1 saturated carbocycles. The van der Waals surface area contributed by atoms with E-state index >= 15 is 0 Å². The summed E-state index contributed by atoms with van der Waals surface area (Å²) in [7, 11) is 0. The monoisotopic (exact) mass is 377 g/mol. The first kappa shape index (κ1) is 21.2. The fourth-order valence-electron chi connectivity index (χ4n) is 5.58. The lowest BCUT2D eigenvalue weighted by atomic mass is 9.68. The smallest absolute Gasteiger partial charge is 0.0946 e. The Kier molecular flexibility index (Phi) is 8.20. The molecule has 0 saturated heterocycles. The zero-order valence-corrected chi connectivity index (χ0v) is 18.2. The number of nitriles is 1. The third kappa shape index (κ3) is 5.50. The maximum Gasteiger partial charge on any atom is 0.0946 e. The van der Waals surface area contributed by atoms with Crippen molar-refractivity contribution in [3.05, 3.63) is 46.5 Å². The Bertz CT molecular complexity index is 667. The number of unbranched alkanes of at least 4 members (excludes halogenated alkanes) is 2. The Morgan fingerprint density at radius 1 is 0.857 bits per heavy atom. The van der Waals surface area contributed by atoms with Crippen LogP contribution in [0.3, 0.4) is 0 Å². The summed E-state index contributed by atoms with van der Waals surface area (Å²) in [5, 5.41) is 9.68. The van der Waals surface area contributed by atoms with Crippen LogP contribution < -0.4 is 0 Å². The number of benzene rings is 1. The van der Waals surface area contributed by atoms with Crippen LogP contribution in [0, 0.1) is 23.2 Å². The van der Waals surface area contributed by atoms with Gasteiger partial charge in [-0.15, -0.1) is 0 Å². The van der Waals surface area contributed by atoms with E-state index in [1.165, 1.54) is 88.2 Å². The van der Waals surface area contributed by atoms with E-state index in [-0.39, 0.29) is 0 Å². The van der Waals surface area contributed by atoms with Crippen LogP contribution in [0.2, 0.25) is 0 Å². The van der Waals surface area contributed by atoms with Crippen LogP contribution in [-0.4, -0.2) is 0 Å². The van der Waals surface area contributed by atoms with Gasteiger partial charge >= 0.3 is 0 Å². The largest absolute Gasteiger partial charge is 0.193 e. The first-order valence-corrected chi connectivity index (χ1v) is 11.9. The normalized spacial score (nSPS) is 25.5.